The SMILES string of the molecule is CCCc1cc2cnc(Nc3ccc(N4CCN(C)CC4)cc3)nc2n1-c1cccc(N2CC(C)(O)C2)n1. The van der Waals surface area contributed by atoms with Crippen molar-refractivity contribution < 1.29 is 5.11 Å². The van der Waals surface area contributed by atoms with E-state index in [2.05, 4.69) is 73.9 Å². The number of fused-ring (bicyclic) bond motifs is 1. The van der Waals surface area contributed by atoms with Crippen LogP contribution in [0, 0.1) is 0 Å². The number of piperazine rings is 1. The van der Waals surface area contributed by atoms with E-state index in [1.165, 1.54) is 5.69 Å². The molecule has 0 radical (unpaired) electrons. The Balaban J connectivity index is 1.28. The van der Waals surface area contributed by atoms with Crippen LogP contribution in [0.15, 0.2) is 54.7 Å². The summed E-state index contributed by atoms with van der Waals surface area (Å²) in [6.45, 7) is 9.48. The van der Waals surface area contributed by atoms with Gasteiger partial charge in [0, 0.05) is 67.9 Å². The highest BCUT2D eigenvalue weighted by Gasteiger charge is 2.37. The lowest BCUT2D eigenvalue weighted by molar-refractivity contribution is 0.0305. The zero-order valence-electron chi connectivity index (χ0n) is 22.4. The first-order valence-electron chi connectivity index (χ1n) is 13.5. The second-order valence-electron chi connectivity index (χ2n) is 10.9. The maximum atomic E-state index is 10.2. The Morgan fingerprint density at radius 2 is 1.68 bits per heavy atom. The summed E-state index contributed by atoms with van der Waals surface area (Å²) in [4.78, 5) is 21.4. The summed E-state index contributed by atoms with van der Waals surface area (Å²) in [5.74, 6) is 2.25. The molecule has 0 spiro atoms. The number of hydrogen-bond acceptors (Lipinski definition) is 8. The highest BCUT2D eigenvalue weighted by Crippen LogP contribution is 2.29. The van der Waals surface area contributed by atoms with Gasteiger partial charge < -0.3 is 25.1 Å². The Labute approximate surface area is 223 Å². The number of benzene rings is 1. The van der Waals surface area contributed by atoms with E-state index in [0.717, 1.165) is 73.1 Å². The number of anilines is 4. The molecule has 2 N–H and O–H groups in total. The lowest BCUT2D eigenvalue weighted by atomic mass is 9.97. The van der Waals surface area contributed by atoms with E-state index in [0.29, 0.717) is 19.0 Å². The third kappa shape index (κ3) is 4.91. The van der Waals surface area contributed by atoms with Crippen molar-refractivity contribution in [2.75, 3.05) is 61.4 Å². The average molecular weight is 513 g/mol. The molecule has 2 fully saturated rings. The largest absolute Gasteiger partial charge is 0.386 e. The number of aryl methyl sites for hydroxylation is 1. The van der Waals surface area contributed by atoms with Crippen LogP contribution in [0.1, 0.15) is 26.0 Å². The predicted molar refractivity (Wildman–Crippen MR) is 153 cm³/mol. The number of pyridine rings is 1. The number of likely N-dealkylation sites (N-methyl/N-ethyl adjacent to an activating group) is 1. The van der Waals surface area contributed by atoms with Gasteiger partial charge in [-0.1, -0.05) is 19.4 Å². The van der Waals surface area contributed by atoms with Crippen LogP contribution in [-0.4, -0.2) is 81.4 Å². The first kappa shape index (κ1) is 24.6. The molecule has 0 atom stereocenters. The number of aromatic nitrogens is 4. The quantitative estimate of drug-likeness (QED) is 0.387. The van der Waals surface area contributed by atoms with Gasteiger partial charge in [0.1, 0.15) is 11.6 Å². The van der Waals surface area contributed by atoms with Crippen LogP contribution in [-0.2, 0) is 6.42 Å². The van der Waals surface area contributed by atoms with E-state index in [4.69, 9.17) is 9.97 Å². The Morgan fingerprint density at radius 3 is 2.39 bits per heavy atom. The molecule has 9 heteroatoms. The summed E-state index contributed by atoms with van der Waals surface area (Å²) in [6, 6.07) is 16.7. The summed E-state index contributed by atoms with van der Waals surface area (Å²) < 4.78 is 2.14. The van der Waals surface area contributed by atoms with Crippen molar-refractivity contribution in [3.8, 4) is 5.82 Å². The van der Waals surface area contributed by atoms with Gasteiger partial charge in [-0.15, -0.1) is 0 Å². The van der Waals surface area contributed by atoms with E-state index in [1.807, 2.05) is 31.3 Å². The third-order valence-corrected chi connectivity index (χ3v) is 7.45. The van der Waals surface area contributed by atoms with Gasteiger partial charge in [-0.25, -0.2) is 9.97 Å². The molecule has 6 rings (SSSR count). The molecular weight excluding hydrogens is 476 g/mol. The van der Waals surface area contributed by atoms with Crippen LogP contribution >= 0.6 is 0 Å². The predicted octanol–water partition coefficient (Wildman–Crippen LogP) is 3.83. The minimum Gasteiger partial charge on any atom is -0.386 e. The van der Waals surface area contributed by atoms with Crippen molar-refractivity contribution in [1.29, 1.82) is 0 Å². The molecule has 9 nitrogen and oxygen atoms in total. The number of rotatable bonds is 7. The summed E-state index contributed by atoms with van der Waals surface area (Å²) in [5, 5.41) is 14.6. The Hall–Kier alpha value is -3.69. The zero-order valence-corrected chi connectivity index (χ0v) is 22.4. The van der Waals surface area contributed by atoms with Crippen molar-refractivity contribution in [1.82, 2.24) is 24.4 Å². The van der Waals surface area contributed by atoms with Crippen molar-refractivity contribution in [3.05, 3.63) is 60.4 Å². The summed E-state index contributed by atoms with van der Waals surface area (Å²) >= 11 is 0. The second kappa shape index (κ2) is 9.89. The van der Waals surface area contributed by atoms with Crippen molar-refractivity contribution in [2.24, 2.45) is 0 Å². The van der Waals surface area contributed by atoms with Crippen LogP contribution in [0.2, 0.25) is 0 Å². The van der Waals surface area contributed by atoms with Gasteiger partial charge in [0.2, 0.25) is 5.95 Å². The van der Waals surface area contributed by atoms with Crippen LogP contribution in [0.4, 0.5) is 23.1 Å². The maximum absolute atomic E-state index is 10.2. The molecule has 1 aromatic carbocycles. The molecule has 0 unspecified atom stereocenters. The molecule has 5 heterocycles. The lowest BCUT2D eigenvalue weighted by Gasteiger charge is -2.45. The van der Waals surface area contributed by atoms with Crippen molar-refractivity contribution in [3.63, 3.8) is 0 Å². The first-order chi connectivity index (χ1) is 18.4. The molecule has 3 aromatic heterocycles. The van der Waals surface area contributed by atoms with E-state index >= 15 is 0 Å². The minimum absolute atomic E-state index is 0.558. The molecule has 2 saturated heterocycles. The molecule has 0 aliphatic carbocycles. The van der Waals surface area contributed by atoms with Crippen molar-refractivity contribution >= 4 is 34.2 Å². The van der Waals surface area contributed by atoms with Crippen LogP contribution in [0.5, 0.6) is 0 Å². The Kier molecular flexibility index (Phi) is 6.41. The highest BCUT2D eigenvalue weighted by molar-refractivity contribution is 5.80. The second-order valence-corrected chi connectivity index (χ2v) is 10.9. The standard InChI is InChI=1S/C29H36N8O/c1-4-6-24-17-21-18-30-28(31-22-9-11-23(12-10-22)35-15-13-34(3)14-16-35)33-27(21)37(24)26-8-5-7-25(32-26)36-19-29(2,38)20-36/h5,7-12,17-18,38H,4,6,13-16,19-20H2,1-3H3,(H,30,31,33). The van der Waals surface area contributed by atoms with Crippen LogP contribution < -0.4 is 15.1 Å². The van der Waals surface area contributed by atoms with Gasteiger partial charge >= 0.3 is 0 Å². The number of aliphatic hydroxyl groups is 1. The monoisotopic (exact) mass is 512 g/mol. The van der Waals surface area contributed by atoms with Gasteiger partial charge in [-0.05, 0) is 62.9 Å². The zero-order chi connectivity index (χ0) is 26.3. The fourth-order valence-corrected chi connectivity index (χ4v) is 5.40. The first-order valence-corrected chi connectivity index (χ1v) is 13.5. The van der Waals surface area contributed by atoms with E-state index in [9.17, 15) is 5.11 Å². The van der Waals surface area contributed by atoms with E-state index in [-0.39, 0.29) is 0 Å². The van der Waals surface area contributed by atoms with Gasteiger partial charge in [0.05, 0.1) is 5.60 Å². The summed E-state index contributed by atoms with van der Waals surface area (Å²) in [6.07, 6.45) is 3.82. The molecule has 0 bridgehead atoms. The molecule has 0 amide bonds. The Bertz CT molecular complexity index is 1410. The smallest absolute Gasteiger partial charge is 0.229 e. The third-order valence-electron chi connectivity index (χ3n) is 7.45. The van der Waals surface area contributed by atoms with Gasteiger partial charge in [-0.2, -0.15) is 4.98 Å². The summed E-state index contributed by atoms with van der Waals surface area (Å²) in [7, 11) is 2.17. The molecular formula is C29H36N8O. The molecule has 2 aliphatic heterocycles. The van der Waals surface area contributed by atoms with Gasteiger partial charge in [-0.3, -0.25) is 4.57 Å². The normalized spacial score (nSPS) is 17.6. The summed E-state index contributed by atoms with van der Waals surface area (Å²) in [5.41, 5.74) is 3.54. The molecule has 38 heavy (non-hydrogen) atoms. The number of β-amino-alcohol motifs (C(OH)–C–C–N with tert-alkyl or cyclic N) is 1. The molecule has 4 aromatic rings. The fraction of sp³-hybridized carbons (Fsp3) is 0.414. The topological polar surface area (TPSA) is 85.6 Å². The van der Waals surface area contributed by atoms with Crippen molar-refractivity contribution in [2.45, 2.75) is 32.3 Å². The van der Waals surface area contributed by atoms with Crippen LogP contribution in [0.25, 0.3) is 16.9 Å². The van der Waals surface area contributed by atoms with Crippen LogP contribution in [0.3, 0.4) is 0 Å². The van der Waals surface area contributed by atoms with E-state index < -0.39 is 5.60 Å². The number of hydrogen-bond donors (Lipinski definition) is 2. The maximum Gasteiger partial charge on any atom is 0.229 e. The minimum atomic E-state index is -0.651. The average Bonchev–Trinajstić information content (AvgIpc) is 3.26. The lowest BCUT2D eigenvalue weighted by Crippen LogP contribution is -2.60. The van der Waals surface area contributed by atoms with Gasteiger partial charge in [0.25, 0.3) is 0 Å². The highest BCUT2D eigenvalue weighted by atomic mass is 16.3. The number of nitrogens with one attached hydrogen (secondary N) is 1. The van der Waals surface area contributed by atoms with E-state index in [1.54, 1.807) is 0 Å². The Morgan fingerprint density at radius 1 is 0.947 bits per heavy atom. The fourth-order valence-electron chi connectivity index (χ4n) is 5.40. The molecule has 198 valence electrons. The number of nitrogens with zero attached hydrogens (tertiary/aromatic N) is 7. The molecule has 0 saturated carbocycles. The molecule has 2 aliphatic rings. The van der Waals surface area contributed by atoms with Gasteiger partial charge in [0.15, 0.2) is 5.65 Å².